The van der Waals surface area contributed by atoms with Gasteiger partial charge in [-0.05, 0) is 52.5 Å². The van der Waals surface area contributed by atoms with Crippen LogP contribution in [-0.2, 0) is 9.53 Å². The highest BCUT2D eigenvalue weighted by atomic mass is 16.6. The second-order valence-corrected chi connectivity index (χ2v) is 7.01. The van der Waals surface area contributed by atoms with Gasteiger partial charge >= 0.3 is 5.97 Å². The summed E-state index contributed by atoms with van der Waals surface area (Å²) in [5, 5.41) is 14.4. The minimum atomic E-state index is -1.45. The van der Waals surface area contributed by atoms with Crippen molar-refractivity contribution in [3.05, 3.63) is 34.8 Å². The number of rotatable bonds is 5. The van der Waals surface area contributed by atoms with E-state index in [1.54, 1.807) is 26.0 Å². The summed E-state index contributed by atoms with van der Waals surface area (Å²) in [6, 6.07) is 3.53. The zero-order valence-electron chi connectivity index (χ0n) is 15.4. The highest BCUT2D eigenvalue weighted by Gasteiger charge is 2.39. The number of Topliss-reactive ketones (excluding diaryl/α,β-unsaturated/α-hetero) is 1. The fourth-order valence-electron chi connectivity index (χ4n) is 3.54. The Morgan fingerprint density at radius 3 is 2.54 bits per heavy atom. The van der Waals surface area contributed by atoms with Gasteiger partial charge < -0.3 is 14.4 Å². The van der Waals surface area contributed by atoms with Crippen LogP contribution in [0.5, 0.6) is 0 Å². The molecule has 0 amide bonds. The van der Waals surface area contributed by atoms with Crippen LogP contribution in [0.2, 0.25) is 0 Å². The molecule has 2 aromatic rings. The summed E-state index contributed by atoms with van der Waals surface area (Å²) in [6.07, 6.45) is 3.36. The summed E-state index contributed by atoms with van der Waals surface area (Å²) in [7, 11) is 0. The van der Waals surface area contributed by atoms with Gasteiger partial charge in [0.2, 0.25) is 5.78 Å². The van der Waals surface area contributed by atoms with Crippen LogP contribution in [0, 0.1) is 20.8 Å². The van der Waals surface area contributed by atoms with E-state index in [1.165, 1.54) is 0 Å². The van der Waals surface area contributed by atoms with Gasteiger partial charge in [-0.2, -0.15) is 0 Å². The molecule has 2 aromatic heterocycles. The first kappa shape index (κ1) is 18.4. The molecule has 3 rings (SSSR count). The number of ketones is 1. The van der Waals surface area contributed by atoms with Gasteiger partial charge in [-0.1, -0.05) is 11.6 Å². The summed E-state index contributed by atoms with van der Waals surface area (Å²) in [5.41, 5.74) is 0.546. The van der Waals surface area contributed by atoms with E-state index in [9.17, 15) is 14.7 Å². The second-order valence-electron chi connectivity index (χ2n) is 7.01. The highest BCUT2D eigenvalue weighted by molar-refractivity contribution is 5.99. The number of carbonyl (C=O) groups excluding carboxylic acids is 2. The normalized spacial score (nSPS) is 16.5. The maximum Gasteiger partial charge on any atom is 0.338 e. The Balaban J connectivity index is 1.71. The molecule has 7 nitrogen and oxygen atoms in total. The van der Waals surface area contributed by atoms with Crippen molar-refractivity contribution < 1.29 is 24.0 Å². The number of nitrogens with zero attached hydrogens (tertiary/aromatic N) is 2. The zero-order valence-corrected chi connectivity index (χ0v) is 15.4. The number of hydrogen-bond donors (Lipinski definition) is 1. The fraction of sp³-hybridized carbons (Fsp3) is 0.526. The number of aliphatic hydroxyl groups is 1. The Labute approximate surface area is 151 Å². The molecule has 0 radical (unpaired) electrons. The summed E-state index contributed by atoms with van der Waals surface area (Å²) in [5.74, 6) is 0.268. The smallest absolute Gasteiger partial charge is 0.338 e. The van der Waals surface area contributed by atoms with Crippen molar-refractivity contribution >= 4 is 11.8 Å². The topological polar surface area (TPSA) is 94.6 Å². The van der Waals surface area contributed by atoms with Crippen molar-refractivity contribution in [1.29, 1.82) is 0 Å². The molecular formula is C19H24N2O5. The average Bonchev–Trinajstić information content (AvgIpc) is 3.15. The maximum atomic E-state index is 12.5. The molecule has 7 heteroatoms. The van der Waals surface area contributed by atoms with Crippen LogP contribution >= 0.6 is 0 Å². The molecule has 0 aromatic carbocycles. The van der Waals surface area contributed by atoms with Crippen molar-refractivity contribution in [3.63, 3.8) is 0 Å². The predicted molar refractivity (Wildman–Crippen MR) is 93.4 cm³/mol. The summed E-state index contributed by atoms with van der Waals surface area (Å²) in [6.45, 7) is 5.08. The molecule has 1 N–H and O–H groups in total. The highest BCUT2D eigenvalue weighted by Crippen LogP contribution is 2.29. The molecule has 1 aliphatic carbocycles. The monoisotopic (exact) mass is 360 g/mol. The van der Waals surface area contributed by atoms with Gasteiger partial charge in [-0.25, -0.2) is 4.79 Å². The minimum Gasteiger partial charge on any atom is -0.455 e. The van der Waals surface area contributed by atoms with E-state index in [2.05, 4.69) is 5.16 Å². The maximum absolute atomic E-state index is 12.5. The molecule has 2 heterocycles. The lowest BCUT2D eigenvalue weighted by molar-refractivity contribution is -0.167. The number of hydrogen-bond acceptors (Lipinski definition) is 6. The third-order valence-corrected chi connectivity index (χ3v) is 4.97. The van der Waals surface area contributed by atoms with Gasteiger partial charge in [-0.3, -0.25) is 9.36 Å². The van der Waals surface area contributed by atoms with E-state index in [-0.39, 0.29) is 12.4 Å². The molecule has 1 saturated carbocycles. The lowest BCUT2D eigenvalue weighted by Gasteiger charge is -2.29. The largest absolute Gasteiger partial charge is 0.455 e. The molecule has 0 unspecified atom stereocenters. The van der Waals surface area contributed by atoms with Crippen LogP contribution in [-0.4, -0.2) is 38.8 Å². The zero-order chi connectivity index (χ0) is 18.9. The molecular weight excluding hydrogens is 336 g/mol. The minimum absolute atomic E-state index is 0.308. The number of carbonyl (C=O) groups is 2. The Hall–Kier alpha value is -2.41. The van der Waals surface area contributed by atoms with Gasteiger partial charge in [0.05, 0.1) is 0 Å². The second kappa shape index (κ2) is 7.07. The molecule has 1 fully saturated rings. The molecule has 0 atom stereocenters. The fourth-order valence-corrected chi connectivity index (χ4v) is 3.54. The molecule has 0 aliphatic heterocycles. The Bertz CT molecular complexity index is 827. The van der Waals surface area contributed by atoms with E-state index < -0.39 is 11.6 Å². The van der Waals surface area contributed by atoms with Crippen LogP contribution in [0.3, 0.4) is 0 Å². The lowest BCUT2D eigenvalue weighted by atomic mass is 9.85. The van der Waals surface area contributed by atoms with Gasteiger partial charge in [0, 0.05) is 23.0 Å². The third kappa shape index (κ3) is 3.44. The van der Waals surface area contributed by atoms with E-state index in [1.807, 2.05) is 11.5 Å². The Kier molecular flexibility index (Phi) is 5.00. The standard InChI is InChI=1S/C19H24N2O5/c1-12-9-15(14(3)21(12)17-10-13(2)26-20-17)16(22)11-25-18(23)19(24)7-5-4-6-8-19/h9-10,24H,4-8,11H2,1-3H3. The van der Waals surface area contributed by atoms with E-state index in [4.69, 9.17) is 9.26 Å². The lowest BCUT2D eigenvalue weighted by Crippen LogP contribution is -2.42. The molecule has 26 heavy (non-hydrogen) atoms. The summed E-state index contributed by atoms with van der Waals surface area (Å²) in [4.78, 5) is 24.7. The van der Waals surface area contributed by atoms with Gasteiger partial charge in [-0.15, -0.1) is 0 Å². The summed E-state index contributed by atoms with van der Waals surface area (Å²) < 4.78 is 12.1. The Morgan fingerprint density at radius 1 is 1.23 bits per heavy atom. The predicted octanol–water partition coefficient (Wildman–Crippen LogP) is 2.81. The van der Waals surface area contributed by atoms with Crippen LogP contribution in [0.25, 0.3) is 5.82 Å². The summed E-state index contributed by atoms with van der Waals surface area (Å²) >= 11 is 0. The first-order valence-corrected chi connectivity index (χ1v) is 8.87. The Morgan fingerprint density at radius 2 is 1.92 bits per heavy atom. The molecule has 140 valence electrons. The van der Waals surface area contributed by atoms with Gasteiger partial charge in [0.1, 0.15) is 5.76 Å². The SMILES string of the molecule is Cc1cc(-n2c(C)cc(C(=O)COC(=O)C3(O)CCCCC3)c2C)no1. The third-order valence-electron chi connectivity index (χ3n) is 4.97. The van der Waals surface area contributed by atoms with E-state index in [0.29, 0.717) is 35.7 Å². The number of aromatic nitrogens is 2. The van der Waals surface area contributed by atoms with Crippen molar-refractivity contribution in [2.24, 2.45) is 0 Å². The first-order chi connectivity index (χ1) is 12.3. The van der Waals surface area contributed by atoms with Crippen molar-refractivity contribution in [2.75, 3.05) is 6.61 Å². The van der Waals surface area contributed by atoms with Crippen molar-refractivity contribution in [3.8, 4) is 5.82 Å². The van der Waals surface area contributed by atoms with Crippen molar-refractivity contribution in [1.82, 2.24) is 9.72 Å². The molecule has 0 saturated heterocycles. The average molecular weight is 360 g/mol. The van der Waals surface area contributed by atoms with Crippen LogP contribution in [0.1, 0.15) is 59.6 Å². The number of esters is 1. The number of aryl methyl sites for hydroxylation is 2. The van der Waals surface area contributed by atoms with Crippen LogP contribution in [0.4, 0.5) is 0 Å². The quantitative estimate of drug-likeness (QED) is 0.651. The van der Waals surface area contributed by atoms with Crippen molar-refractivity contribution in [2.45, 2.75) is 58.5 Å². The van der Waals surface area contributed by atoms with Crippen LogP contribution < -0.4 is 0 Å². The molecule has 0 spiro atoms. The van der Waals surface area contributed by atoms with Gasteiger partial charge in [0.25, 0.3) is 0 Å². The van der Waals surface area contributed by atoms with Gasteiger partial charge in [0.15, 0.2) is 18.0 Å². The first-order valence-electron chi connectivity index (χ1n) is 8.87. The molecule has 1 aliphatic rings. The van der Waals surface area contributed by atoms with E-state index in [0.717, 1.165) is 25.0 Å². The molecule has 0 bridgehead atoms. The van der Waals surface area contributed by atoms with Crippen LogP contribution in [0.15, 0.2) is 16.7 Å². The van der Waals surface area contributed by atoms with E-state index >= 15 is 0 Å². The number of ether oxygens (including phenoxy) is 1.